The van der Waals surface area contributed by atoms with E-state index < -0.39 is 0 Å². The molecule has 1 heterocycles. The van der Waals surface area contributed by atoms with Crippen molar-refractivity contribution in [2.45, 2.75) is 25.7 Å². The van der Waals surface area contributed by atoms with Gasteiger partial charge in [-0.15, -0.1) is 11.3 Å². The van der Waals surface area contributed by atoms with Gasteiger partial charge in [-0.2, -0.15) is 0 Å². The lowest BCUT2D eigenvalue weighted by atomic mass is 9.89. The van der Waals surface area contributed by atoms with Crippen molar-refractivity contribution in [2.24, 2.45) is 5.41 Å². The number of carbonyl (C=O) groups is 1. The maximum Gasteiger partial charge on any atom is 0.261 e. The van der Waals surface area contributed by atoms with Crippen molar-refractivity contribution >= 4 is 65.0 Å². The third kappa shape index (κ3) is 3.38. The Morgan fingerprint density at radius 2 is 2.06 bits per heavy atom. The van der Waals surface area contributed by atoms with Crippen molar-refractivity contribution in [1.82, 2.24) is 5.32 Å². The van der Waals surface area contributed by atoms with Crippen molar-refractivity contribution in [1.29, 1.82) is 0 Å². The molecule has 0 aromatic carbocycles. The van der Waals surface area contributed by atoms with E-state index in [9.17, 15) is 4.79 Å². The summed E-state index contributed by atoms with van der Waals surface area (Å²) in [5.74, 6) is 0.0265. The van der Waals surface area contributed by atoms with Crippen LogP contribution in [0.2, 0.25) is 0 Å². The lowest BCUT2D eigenvalue weighted by molar-refractivity contribution is 0.0939. The molecule has 0 atom stereocenters. The summed E-state index contributed by atoms with van der Waals surface area (Å²) in [6, 6.07) is 1.86. The number of alkyl halides is 1. The molecule has 1 aliphatic rings. The molecule has 1 aliphatic carbocycles. The largest absolute Gasteiger partial charge is 0.351 e. The van der Waals surface area contributed by atoms with Crippen LogP contribution in [0.25, 0.3) is 0 Å². The number of halogens is 3. The van der Waals surface area contributed by atoms with Gasteiger partial charge in [0.1, 0.15) is 0 Å². The van der Waals surface area contributed by atoms with E-state index in [1.54, 1.807) is 0 Å². The van der Waals surface area contributed by atoms with Crippen LogP contribution in [0.1, 0.15) is 35.4 Å². The van der Waals surface area contributed by atoms with E-state index in [1.165, 1.54) is 37.0 Å². The fourth-order valence-corrected chi connectivity index (χ4v) is 5.01. The van der Waals surface area contributed by atoms with Crippen molar-refractivity contribution in [3.05, 3.63) is 19.2 Å². The average Bonchev–Trinajstić information content (AvgIpc) is 2.95. The van der Waals surface area contributed by atoms with Crippen LogP contribution in [0.3, 0.4) is 0 Å². The summed E-state index contributed by atoms with van der Waals surface area (Å²) in [4.78, 5) is 12.8. The lowest BCUT2D eigenvalue weighted by Gasteiger charge is -2.26. The first kappa shape index (κ1) is 15.0. The summed E-state index contributed by atoms with van der Waals surface area (Å²) in [5.41, 5.74) is 0.265. The third-order valence-corrected chi connectivity index (χ3v) is 7.89. The zero-order chi connectivity index (χ0) is 13.2. The molecular formula is C12H14Br3NOS. The number of nitrogens with one attached hydrogen (secondary N) is 1. The summed E-state index contributed by atoms with van der Waals surface area (Å²) >= 11 is 11.9. The first-order valence-electron chi connectivity index (χ1n) is 5.85. The van der Waals surface area contributed by atoms with Crippen LogP contribution in [-0.4, -0.2) is 17.8 Å². The van der Waals surface area contributed by atoms with Crippen molar-refractivity contribution in [2.75, 3.05) is 11.9 Å². The molecule has 1 N–H and O–H groups in total. The first-order valence-corrected chi connectivity index (χ1v) is 9.38. The third-order valence-electron chi connectivity index (χ3n) is 3.44. The molecule has 0 unspecified atom stereocenters. The Labute approximate surface area is 136 Å². The van der Waals surface area contributed by atoms with Gasteiger partial charge < -0.3 is 5.32 Å². The Bertz CT molecular complexity index is 421. The highest BCUT2D eigenvalue weighted by atomic mass is 79.9. The van der Waals surface area contributed by atoms with E-state index in [0.29, 0.717) is 0 Å². The molecule has 0 saturated heterocycles. The number of hydrogen-bond acceptors (Lipinski definition) is 2. The minimum atomic E-state index is 0.0265. The van der Waals surface area contributed by atoms with Gasteiger partial charge in [0.2, 0.25) is 0 Å². The number of amides is 1. The highest BCUT2D eigenvalue weighted by Crippen LogP contribution is 2.39. The van der Waals surface area contributed by atoms with Crippen molar-refractivity contribution < 1.29 is 4.79 Å². The molecule has 0 aliphatic heterocycles. The average molecular weight is 460 g/mol. The smallest absolute Gasteiger partial charge is 0.261 e. The molecule has 1 fully saturated rings. The first-order chi connectivity index (χ1) is 8.56. The van der Waals surface area contributed by atoms with Crippen LogP contribution in [-0.2, 0) is 0 Å². The summed E-state index contributed by atoms with van der Waals surface area (Å²) < 4.78 is 1.90. The fraction of sp³-hybridized carbons (Fsp3) is 0.583. The normalized spacial score (nSPS) is 17.9. The highest BCUT2D eigenvalue weighted by molar-refractivity contribution is 9.13. The van der Waals surface area contributed by atoms with E-state index in [4.69, 9.17) is 0 Å². The summed E-state index contributed by atoms with van der Waals surface area (Å²) in [5, 5.41) is 4.04. The molecule has 0 bridgehead atoms. The van der Waals surface area contributed by atoms with E-state index in [-0.39, 0.29) is 11.3 Å². The van der Waals surface area contributed by atoms with E-state index >= 15 is 0 Å². The lowest BCUT2D eigenvalue weighted by Crippen LogP contribution is -2.36. The molecule has 100 valence electrons. The van der Waals surface area contributed by atoms with Gasteiger partial charge in [-0.1, -0.05) is 28.8 Å². The van der Waals surface area contributed by atoms with Gasteiger partial charge in [-0.05, 0) is 56.2 Å². The van der Waals surface area contributed by atoms with Gasteiger partial charge in [0.15, 0.2) is 0 Å². The summed E-state index contributed by atoms with van der Waals surface area (Å²) in [7, 11) is 0. The Morgan fingerprint density at radius 1 is 1.39 bits per heavy atom. The van der Waals surface area contributed by atoms with Crippen LogP contribution < -0.4 is 5.32 Å². The molecule has 6 heteroatoms. The molecule has 1 amide bonds. The number of carbonyl (C=O) groups excluding carboxylic acids is 1. The van der Waals surface area contributed by atoms with Gasteiger partial charge in [0.05, 0.1) is 8.66 Å². The maximum atomic E-state index is 12.1. The van der Waals surface area contributed by atoms with Crippen LogP contribution in [0, 0.1) is 5.41 Å². The second kappa shape index (κ2) is 6.37. The van der Waals surface area contributed by atoms with Crippen molar-refractivity contribution in [3.8, 4) is 0 Å². The second-order valence-electron chi connectivity index (χ2n) is 4.76. The van der Waals surface area contributed by atoms with Crippen LogP contribution in [0.5, 0.6) is 0 Å². The molecule has 2 nitrogen and oxygen atoms in total. The van der Waals surface area contributed by atoms with Gasteiger partial charge in [-0.25, -0.2) is 0 Å². The fourth-order valence-electron chi connectivity index (χ4n) is 2.30. The molecule has 18 heavy (non-hydrogen) atoms. The molecule has 1 aromatic rings. The Morgan fingerprint density at radius 3 is 2.56 bits per heavy atom. The summed E-state index contributed by atoms with van der Waals surface area (Å²) in [6.07, 6.45) is 4.96. The Balaban J connectivity index is 1.95. The topological polar surface area (TPSA) is 29.1 Å². The molecule has 0 radical (unpaired) electrons. The zero-order valence-electron chi connectivity index (χ0n) is 9.77. The predicted molar refractivity (Wildman–Crippen MR) is 86.7 cm³/mol. The Kier molecular flexibility index (Phi) is 5.31. The van der Waals surface area contributed by atoms with E-state index in [0.717, 1.165) is 25.0 Å². The molecule has 0 spiro atoms. The second-order valence-corrected chi connectivity index (χ2v) is 8.54. The van der Waals surface area contributed by atoms with Gasteiger partial charge in [0.25, 0.3) is 5.91 Å². The minimum absolute atomic E-state index is 0.0265. The van der Waals surface area contributed by atoms with Gasteiger partial charge >= 0.3 is 0 Å². The standard InChI is InChI=1S/C12H14Br3NOS/c13-6-12(3-1-2-4-12)7-16-11(17)9-5-8(14)10(15)18-9/h5H,1-4,6-7H2,(H,16,17). The van der Waals surface area contributed by atoms with Gasteiger partial charge in [-0.3, -0.25) is 4.79 Å². The molecule has 2 rings (SSSR count). The number of rotatable bonds is 4. The van der Waals surface area contributed by atoms with Crippen LogP contribution >= 0.6 is 59.1 Å². The molecular weight excluding hydrogens is 446 g/mol. The number of hydrogen-bond donors (Lipinski definition) is 1. The van der Waals surface area contributed by atoms with E-state index in [2.05, 4.69) is 53.1 Å². The monoisotopic (exact) mass is 457 g/mol. The van der Waals surface area contributed by atoms with Crippen LogP contribution in [0.4, 0.5) is 0 Å². The highest BCUT2D eigenvalue weighted by Gasteiger charge is 2.33. The quantitative estimate of drug-likeness (QED) is 0.633. The van der Waals surface area contributed by atoms with E-state index in [1.807, 2.05) is 6.07 Å². The minimum Gasteiger partial charge on any atom is -0.351 e. The maximum absolute atomic E-state index is 12.1. The number of thiophene rings is 1. The summed E-state index contributed by atoms with van der Waals surface area (Å²) in [6.45, 7) is 0.768. The van der Waals surface area contributed by atoms with Crippen LogP contribution in [0.15, 0.2) is 14.3 Å². The Hall–Kier alpha value is 0.610. The predicted octanol–water partition coefficient (Wildman–Crippen LogP) is 4.96. The molecule has 1 saturated carbocycles. The zero-order valence-corrected chi connectivity index (χ0v) is 15.3. The molecule has 1 aromatic heterocycles. The van der Waals surface area contributed by atoms with Gasteiger partial charge in [0, 0.05) is 16.3 Å². The van der Waals surface area contributed by atoms with Crippen molar-refractivity contribution in [3.63, 3.8) is 0 Å². The SMILES string of the molecule is O=C(NCC1(CBr)CCCC1)c1cc(Br)c(Br)s1.